The van der Waals surface area contributed by atoms with E-state index in [1.54, 1.807) is 18.2 Å². The standard InChI is InChI=1S/C15H20ClNO2/c16-9-4-10-17(13-6-3-7-13)15(19)11-12-5-1-2-8-14(12)18/h1-2,5,8,13,18H,3-4,6-7,9-11H2. The summed E-state index contributed by atoms with van der Waals surface area (Å²) in [5.41, 5.74) is 0.697. The molecule has 1 fully saturated rings. The number of halogens is 1. The van der Waals surface area contributed by atoms with E-state index < -0.39 is 0 Å². The third-order valence-corrected chi connectivity index (χ3v) is 3.97. The number of benzene rings is 1. The molecule has 2 rings (SSSR count). The second-order valence-corrected chi connectivity index (χ2v) is 5.40. The third-order valence-electron chi connectivity index (χ3n) is 3.70. The summed E-state index contributed by atoms with van der Waals surface area (Å²) in [5.74, 6) is 0.866. The molecule has 1 aliphatic rings. The molecule has 19 heavy (non-hydrogen) atoms. The number of rotatable bonds is 6. The van der Waals surface area contributed by atoms with E-state index in [2.05, 4.69) is 0 Å². The van der Waals surface area contributed by atoms with Crippen LogP contribution in [0.15, 0.2) is 24.3 Å². The Morgan fingerprint density at radius 1 is 1.37 bits per heavy atom. The van der Waals surface area contributed by atoms with Crippen molar-refractivity contribution >= 4 is 17.5 Å². The van der Waals surface area contributed by atoms with Gasteiger partial charge in [-0.2, -0.15) is 0 Å². The number of aromatic hydroxyl groups is 1. The van der Waals surface area contributed by atoms with E-state index in [9.17, 15) is 9.90 Å². The Balaban J connectivity index is 2.00. The Bertz CT molecular complexity index is 432. The van der Waals surface area contributed by atoms with Gasteiger partial charge < -0.3 is 10.0 Å². The fourth-order valence-corrected chi connectivity index (χ4v) is 2.48. The summed E-state index contributed by atoms with van der Waals surface area (Å²) < 4.78 is 0. The number of amides is 1. The maximum Gasteiger partial charge on any atom is 0.227 e. The zero-order chi connectivity index (χ0) is 13.7. The van der Waals surface area contributed by atoms with Crippen molar-refractivity contribution in [2.45, 2.75) is 38.1 Å². The first-order chi connectivity index (χ1) is 9.22. The van der Waals surface area contributed by atoms with Crippen molar-refractivity contribution in [3.8, 4) is 5.75 Å². The second-order valence-electron chi connectivity index (χ2n) is 5.02. The molecule has 1 aromatic rings. The quantitative estimate of drug-likeness (QED) is 0.815. The van der Waals surface area contributed by atoms with Crippen LogP contribution in [0.3, 0.4) is 0 Å². The highest BCUT2D eigenvalue weighted by Gasteiger charge is 2.28. The van der Waals surface area contributed by atoms with Crippen LogP contribution in [0, 0.1) is 0 Å². The molecule has 0 atom stereocenters. The van der Waals surface area contributed by atoms with Crippen molar-refractivity contribution in [3.05, 3.63) is 29.8 Å². The summed E-state index contributed by atoms with van der Waals surface area (Å²) in [7, 11) is 0. The van der Waals surface area contributed by atoms with Crippen molar-refractivity contribution in [1.82, 2.24) is 4.90 Å². The molecular weight excluding hydrogens is 262 g/mol. The molecule has 0 radical (unpaired) electrons. The first-order valence-corrected chi connectivity index (χ1v) is 7.38. The normalized spacial score (nSPS) is 15.0. The molecule has 0 heterocycles. The number of carbonyl (C=O) groups is 1. The van der Waals surface area contributed by atoms with Crippen molar-refractivity contribution in [2.75, 3.05) is 12.4 Å². The minimum absolute atomic E-state index is 0.0938. The number of hydrogen-bond acceptors (Lipinski definition) is 2. The minimum atomic E-state index is 0.0938. The van der Waals surface area contributed by atoms with Crippen molar-refractivity contribution < 1.29 is 9.90 Å². The molecule has 1 N–H and O–H groups in total. The maximum absolute atomic E-state index is 12.4. The van der Waals surface area contributed by atoms with Crippen LogP contribution in [0.5, 0.6) is 5.75 Å². The van der Waals surface area contributed by atoms with Crippen LogP contribution in [-0.2, 0) is 11.2 Å². The van der Waals surface area contributed by atoms with E-state index in [4.69, 9.17) is 11.6 Å². The van der Waals surface area contributed by atoms with Gasteiger partial charge in [-0.25, -0.2) is 0 Å². The highest BCUT2D eigenvalue weighted by molar-refractivity contribution is 6.17. The van der Waals surface area contributed by atoms with Gasteiger partial charge in [-0.05, 0) is 31.7 Å². The van der Waals surface area contributed by atoms with Crippen LogP contribution in [0.2, 0.25) is 0 Å². The fourth-order valence-electron chi connectivity index (χ4n) is 2.36. The topological polar surface area (TPSA) is 40.5 Å². The van der Waals surface area contributed by atoms with Gasteiger partial charge in [0.25, 0.3) is 0 Å². The molecule has 0 bridgehead atoms. The van der Waals surface area contributed by atoms with E-state index in [1.165, 1.54) is 6.42 Å². The number of phenolic OH excluding ortho intramolecular Hbond substituents is 1. The van der Waals surface area contributed by atoms with Crippen molar-refractivity contribution in [2.24, 2.45) is 0 Å². The Labute approximate surface area is 119 Å². The summed E-state index contributed by atoms with van der Waals surface area (Å²) in [6.07, 6.45) is 4.48. The lowest BCUT2D eigenvalue weighted by molar-refractivity contribution is -0.134. The number of alkyl halides is 1. The Kier molecular flexibility index (Phi) is 5.08. The second kappa shape index (κ2) is 6.80. The average molecular weight is 282 g/mol. The summed E-state index contributed by atoms with van der Waals surface area (Å²) >= 11 is 5.72. The SMILES string of the molecule is O=C(Cc1ccccc1O)N(CCCCl)C1CCC1. The molecule has 0 aromatic heterocycles. The van der Waals surface area contributed by atoms with E-state index in [-0.39, 0.29) is 18.1 Å². The predicted octanol–water partition coefficient (Wildman–Crippen LogP) is 2.94. The Morgan fingerprint density at radius 2 is 2.11 bits per heavy atom. The van der Waals surface area contributed by atoms with E-state index >= 15 is 0 Å². The summed E-state index contributed by atoms with van der Waals surface area (Å²) in [6, 6.07) is 7.40. The van der Waals surface area contributed by atoms with Gasteiger partial charge in [0.2, 0.25) is 5.91 Å². The predicted molar refractivity (Wildman–Crippen MR) is 76.5 cm³/mol. The largest absolute Gasteiger partial charge is 0.508 e. The third kappa shape index (κ3) is 3.63. The van der Waals surface area contributed by atoms with Crippen LogP contribution >= 0.6 is 11.6 Å². The molecular formula is C15H20ClNO2. The number of para-hydroxylation sites is 1. The zero-order valence-electron chi connectivity index (χ0n) is 11.0. The van der Waals surface area contributed by atoms with Crippen molar-refractivity contribution in [3.63, 3.8) is 0 Å². The fraction of sp³-hybridized carbons (Fsp3) is 0.533. The Morgan fingerprint density at radius 3 is 2.68 bits per heavy atom. The summed E-state index contributed by atoms with van der Waals surface area (Å²) in [4.78, 5) is 14.3. The van der Waals surface area contributed by atoms with Crippen LogP contribution in [0.4, 0.5) is 0 Å². The van der Waals surface area contributed by atoms with Gasteiger partial charge in [0.1, 0.15) is 5.75 Å². The molecule has 104 valence electrons. The maximum atomic E-state index is 12.4. The lowest BCUT2D eigenvalue weighted by Crippen LogP contribution is -2.45. The van der Waals surface area contributed by atoms with Crippen LogP contribution in [0.25, 0.3) is 0 Å². The number of nitrogens with zero attached hydrogens (tertiary/aromatic N) is 1. The highest BCUT2D eigenvalue weighted by atomic mass is 35.5. The minimum Gasteiger partial charge on any atom is -0.508 e. The molecule has 0 unspecified atom stereocenters. The van der Waals surface area contributed by atoms with Gasteiger partial charge in [0.05, 0.1) is 6.42 Å². The van der Waals surface area contributed by atoms with E-state index in [1.807, 2.05) is 11.0 Å². The lowest BCUT2D eigenvalue weighted by Gasteiger charge is -2.37. The van der Waals surface area contributed by atoms with Gasteiger partial charge in [-0.15, -0.1) is 11.6 Å². The van der Waals surface area contributed by atoms with Gasteiger partial charge in [-0.1, -0.05) is 18.2 Å². The average Bonchev–Trinajstić information content (AvgIpc) is 2.34. The Hall–Kier alpha value is -1.22. The number of phenols is 1. The molecule has 1 aliphatic carbocycles. The zero-order valence-corrected chi connectivity index (χ0v) is 11.8. The van der Waals surface area contributed by atoms with Crippen molar-refractivity contribution in [1.29, 1.82) is 0 Å². The lowest BCUT2D eigenvalue weighted by atomic mass is 9.91. The van der Waals surface area contributed by atoms with E-state index in [0.717, 1.165) is 25.8 Å². The molecule has 0 spiro atoms. The van der Waals surface area contributed by atoms with Gasteiger partial charge in [-0.3, -0.25) is 4.79 Å². The monoisotopic (exact) mass is 281 g/mol. The summed E-state index contributed by atoms with van der Waals surface area (Å²) in [6.45, 7) is 0.723. The molecule has 3 nitrogen and oxygen atoms in total. The van der Waals surface area contributed by atoms with Gasteiger partial charge in [0, 0.05) is 24.0 Å². The highest BCUT2D eigenvalue weighted by Crippen LogP contribution is 2.26. The smallest absolute Gasteiger partial charge is 0.227 e. The molecule has 1 amide bonds. The van der Waals surface area contributed by atoms with Crippen LogP contribution in [-0.4, -0.2) is 34.4 Å². The molecule has 1 aromatic carbocycles. The molecule has 1 saturated carbocycles. The molecule has 0 saturated heterocycles. The van der Waals surface area contributed by atoms with Gasteiger partial charge in [0.15, 0.2) is 0 Å². The molecule has 0 aliphatic heterocycles. The first kappa shape index (κ1) is 14.2. The van der Waals surface area contributed by atoms with Crippen LogP contribution < -0.4 is 0 Å². The van der Waals surface area contributed by atoms with E-state index in [0.29, 0.717) is 17.5 Å². The molecule has 4 heteroatoms. The summed E-state index contributed by atoms with van der Waals surface area (Å²) in [5, 5.41) is 9.74. The van der Waals surface area contributed by atoms with Crippen LogP contribution in [0.1, 0.15) is 31.2 Å². The van der Waals surface area contributed by atoms with Gasteiger partial charge >= 0.3 is 0 Å². The first-order valence-electron chi connectivity index (χ1n) is 6.84. The number of hydrogen-bond donors (Lipinski definition) is 1. The number of carbonyl (C=O) groups excluding carboxylic acids is 1.